The number of nitrogens with one attached hydrogen (secondary N) is 2. The summed E-state index contributed by atoms with van der Waals surface area (Å²) in [7, 11) is 0. The summed E-state index contributed by atoms with van der Waals surface area (Å²) in [6.45, 7) is 7.06. The van der Waals surface area contributed by atoms with Gasteiger partial charge in [-0.3, -0.25) is 9.59 Å². The van der Waals surface area contributed by atoms with E-state index in [1.54, 1.807) is 24.3 Å². The van der Waals surface area contributed by atoms with Crippen LogP contribution in [0, 0.1) is 20.8 Å². The molecule has 3 rings (SSSR count). The van der Waals surface area contributed by atoms with Crippen LogP contribution < -0.4 is 15.4 Å². The summed E-state index contributed by atoms with van der Waals surface area (Å²) in [4.78, 5) is 25.0. The monoisotopic (exact) mass is 396 g/mol. The molecule has 1 saturated heterocycles. The van der Waals surface area contributed by atoms with Gasteiger partial charge in [-0.25, -0.2) is 0 Å². The predicted octanol–water partition coefficient (Wildman–Crippen LogP) is 3.54. The highest BCUT2D eigenvalue weighted by atomic mass is 16.5. The van der Waals surface area contributed by atoms with Gasteiger partial charge >= 0.3 is 0 Å². The SMILES string of the molecule is Cc1cc(C)c(C)c(OCC(=O)Nc2ccccc2C(=O)NCC2CCCO2)c1. The van der Waals surface area contributed by atoms with Crippen LogP contribution in [0.4, 0.5) is 5.69 Å². The van der Waals surface area contributed by atoms with Crippen LogP contribution in [-0.4, -0.2) is 37.7 Å². The lowest BCUT2D eigenvalue weighted by Gasteiger charge is -2.15. The number of aryl methyl sites for hydroxylation is 2. The minimum atomic E-state index is -0.317. The zero-order chi connectivity index (χ0) is 20.8. The summed E-state index contributed by atoms with van der Waals surface area (Å²) >= 11 is 0. The van der Waals surface area contributed by atoms with Crippen LogP contribution in [0.15, 0.2) is 36.4 Å². The number of carbonyl (C=O) groups is 2. The zero-order valence-corrected chi connectivity index (χ0v) is 17.2. The maximum absolute atomic E-state index is 12.6. The molecule has 0 bridgehead atoms. The molecule has 2 amide bonds. The number of ether oxygens (including phenoxy) is 2. The van der Waals surface area contributed by atoms with Crippen molar-refractivity contribution >= 4 is 17.5 Å². The van der Waals surface area contributed by atoms with Crippen LogP contribution in [0.5, 0.6) is 5.75 Å². The molecule has 0 aromatic heterocycles. The predicted molar refractivity (Wildman–Crippen MR) is 113 cm³/mol. The Kier molecular flexibility index (Phi) is 6.88. The summed E-state index contributed by atoms with van der Waals surface area (Å²) < 4.78 is 11.3. The van der Waals surface area contributed by atoms with Crippen LogP contribution in [0.2, 0.25) is 0 Å². The van der Waals surface area contributed by atoms with Crippen molar-refractivity contribution in [3.05, 3.63) is 58.7 Å². The molecule has 154 valence electrons. The largest absolute Gasteiger partial charge is 0.483 e. The first kappa shape index (κ1) is 20.9. The molecule has 2 aromatic rings. The third kappa shape index (κ3) is 5.57. The maximum Gasteiger partial charge on any atom is 0.262 e. The van der Waals surface area contributed by atoms with Crippen molar-refractivity contribution in [2.24, 2.45) is 0 Å². The molecule has 0 spiro atoms. The third-order valence-corrected chi connectivity index (χ3v) is 5.08. The van der Waals surface area contributed by atoms with E-state index >= 15 is 0 Å². The smallest absolute Gasteiger partial charge is 0.262 e. The first-order valence-corrected chi connectivity index (χ1v) is 9.93. The van der Waals surface area contributed by atoms with E-state index in [1.807, 2.05) is 26.8 Å². The number of hydrogen-bond acceptors (Lipinski definition) is 4. The molecule has 0 aliphatic carbocycles. The van der Waals surface area contributed by atoms with Crippen molar-refractivity contribution in [2.45, 2.75) is 39.7 Å². The van der Waals surface area contributed by atoms with Crippen LogP contribution in [0.25, 0.3) is 0 Å². The van der Waals surface area contributed by atoms with Crippen molar-refractivity contribution in [2.75, 3.05) is 25.1 Å². The molecule has 0 saturated carbocycles. The number of anilines is 1. The van der Waals surface area contributed by atoms with Gasteiger partial charge in [-0.05, 0) is 68.5 Å². The Bertz CT molecular complexity index is 888. The molecule has 2 aromatic carbocycles. The van der Waals surface area contributed by atoms with E-state index in [2.05, 4.69) is 16.7 Å². The molecule has 29 heavy (non-hydrogen) atoms. The fourth-order valence-electron chi connectivity index (χ4n) is 3.38. The van der Waals surface area contributed by atoms with E-state index in [9.17, 15) is 9.59 Å². The summed E-state index contributed by atoms with van der Waals surface area (Å²) in [6, 6.07) is 10.9. The summed E-state index contributed by atoms with van der Waals surface area (Å²) in [5.41, 5.74) is 4.09. The Morgan fingerprint density at radius 2 is 1.97 bits per heavy atom. The van der Waals surface area contributed by atoms with E-state index in [-0.39, 0.29) is 24.5 Å². The average Bonchev–Trinajstić information content (AvgIpc) is 3.22. The summed E-state index contributed by atoms with van der Waals surface area (Å²) in [6.07, 6.45) is 2.04. The summed E-state index contributed by atoms with van der Waals surface area (Å²) in [5.74, 6) is 0.144. The number of rotatable bonds is 7. The molecule has 1 atom stereocenters. The molecule has 0 radical (unpaired) electrons. The molecule has 6 nitrogen and oxygen atoms in total. The fourth-order valence-corrected chi connectivity index (χ4v) is 3.38. The lowest BCUT2D eigenvalue weighted by atomic mass is 10.1. The molecular weight excluding hydrogens is 368 g/mol. The molecular formula is C23H28N2O4. The second-order valence-corrected chi connectivity index (χ2v) is 7.43. The Morgan fingerprint density at radius 3 is 2.72 bits per heavy atom. The number of amides is 2. The first-order chi connectivity index (χ1) is 13.9. The van der Waals surface area contributed by atoms with Crippen LogP contribution in [0.3, 0.4) is 0 Å². The number of carbonyl (C=O) groups excluding carboxylic acids is 2. The van der Waals surface area contributed by atoms with E-state index in [4.69, 9.17) is 9.47 Å². The lowest BCUT2D eigenvalue weighted by molar-refractivity contribution is -0.118. The van der Waals surface area contributed by atoms with Gasteiger partial charge in [0.25, 0.3) is 11.8 Å². The van der Waals surface area contributed by atoms with Gasteiger partial charge < -0.3 is 20.1 Å². The Labute approximate surface area is 171 Å². The van der Waals surface area contributed by atoms with Gasteiger partial charge in [0.15, 0.2) is 6.61 Å². The molecule has 6 heteroatoms. The summed E-state index contributed by atoms with van der Waals surface area (Å²) in [5, 5.41) is 5.67. The van der Waals surface area contributed by atoms with Crippen molar-refractivity contribution in [3.8, 4) is 5.75 Å². The number of benzene rings is 2. The van der Waals surface area contributed by atoms with E-state index < -0.39 is 0 Å². The first-order valence-electron chi connectivity index (χ1n) is 9.93. The van der Waals surface area contributed by atoms with E-state index in [0.717, 1.165) is 36.1 Å². The zero-order valence-electron chi connectivity index (χ0n) is 17.2. The fraction of sp³-hybridized carbons (Fsp3) is 0.391. The molecule has 1 fully saturated rings. The number of hydrogen-bond donors (Lipinski definition) is 2. The van der Waals surface area contributed by atoms with Crippen LogP contribution in [-0.2, 0) is 9.53 Å². The van der Waals surface area contributed by atoms with Gasteiger partial charge in [0.2, 0.25) is 0 Å². The normalized spacial score (nSPS) is 15.8. The Hall–Kier alpha value is -2.86. The van der Waals surface area contributed by atoms with Crippen molar-refractivity contribution in [1.29, 1.82) is 0 Å². The van der Waals surface area contributed by atoms with Gasteiger partial charge in [-0.1, -0.05) is 18.2 Å². The van der Waals surface area contributed by atoms with Crippen LogP contribution in [0.1, 0.15) is 39.9 Å². The topological polar surface area (TPSA) is 76.7 Å². The molecule has 2 N–H and O–H groups in total. The lowest BCUT2D eigenvalue weighted by Crippen LogP contribution is -2.32. The van der Waals surface area contributed by atoms with E-state index in [1.165, 1.54) is 0 Å². The van der Waals surface area contributed by atoms with Gasteiger partial charge in [-0.2, -0.15) is 0 Å². The quantitative estimate of drug-likeness (QED) is 0.751. The van der Waals surface area contributed by atoms with Crippen molar-refractivity contribution < 1.29 is 19.1 Å². The average molecular weight is 396 g/mol. The van der Waals surface area contributed by atoms with Gasteiger partial charge in [0, 0.05) is 13.2 Å². The maximum atomic E-state index is 12.6. The second kappa shape index (κ2) is 9.56. The Balaban J connectivity index is 1.59. The molecule has 1 heterocycles. The van der Waals surface area contributed by atoms with E-state index in [0.29, 0.717) is 23.5 Å². The third-order valence-electron chi connectivity index (χ3n) is 5.08. The molecule has 1 aliphatic heterocycles. The van der Waals surface area contributed by atoms with Gasteiger partial charge in [0.1, 0.15) is 5.75 Å². The minimum absolute atomic E-state index is 0.0649. The molecule has 1 aliphatic rings. The van der Waals surface area contributed by atoms with Gasteiger partial charge in [0.05, 0.1) is 17.4 Å². The van der Waals surface area contributed by atoms with Crippen LogP contribution >= 0.6 is 0 Å². The van der Waals surface area contributed by atoms with Crippen molar-refractivity contribution in [3.63, 3.8) is 0 Å². The van der Waals surface area contributed by atoms with Crippen molar-refractivity contribution in [1.82, 2.24) is 5.32 Å². The molecule has 1 unspecified atom stereocenters. The Morgan fingerprint density at radius 1 is 1.17 bits per heavy atom. The highest BCUT2D eigenvalue weighted by molar-refractivity contribution is 6.04. The second-order valence-electron chi connectivity index (χ2n) is 7.43. The minimum Gasteiger partial charge on any atom is -0.483 e. The van der Waals surface area contributed by atoms with Gasteiger partial charge in [-0.15, -0.1) is 0 Å². The number of para-hydroxylation sites is 1. The highest BCUT2D eigenvalue weighted by Crippen LogP contribution is 2.23. The highest BCUT2D eigenvalue weighted by Gasteiger charge is 2.18. The standard InChI is InChI=1S/C23H28N2O4/c1-15-11-16(2)17(3)21(12-15)29-14-22(26)25-20-9-5-4-8-19(20)23(27)24-13-18-7-6-10-28-18/h4-5,8-9,11-12,18H,6-7,10,13-14H2,1-3H3,(H,24,27)(H,25,26).